The largest absolute Gasteiger partial charge is 0.454 e. The molecule has 1 saturated heterocycles. The zero-order chi connectivity index (χ0) is 18.1. The van der Waals surface area contributed by atoms with Crippen molar-refractivity contribution in [3.63, 3.8) is 0 Å². The number of nitrogens with zero attached hydrogens (tertiary/aromatic N) is 5. The van der Waals surface area contributed by atoms with Crippen molar-refractivity contribution in [2.45, 2.75) is 39.7 Å². The number of piperidine rings is 1. The molecule has 0 bridgehead atoms. The Bertz CT molecular complexity index is 821. The van der Waals surface area contributed by atoms with Gasteiger partial charge in [0, 0.05) is 13.1 Å². The number of carbonyl (C=O) groups is 1. The first-order valence-electron chi connectivity index (χ1n) is 8.92. The van der Waals surface area contributed by atoms with Crippen LogP contribution in [-0.4, -0.2) is 50.9 Å². The van der Waals surface area contributed by atoms with Crippen molar-refractivity contribution in [3.05, 3.63) is 29.6 Å². The van der Waals surface area contributed by atoms with Gasteiger partial charge in [0.15, 0.2) is 11.5 Å². The van der Waals surface area contributed by atoms with Crippen LogP contribution in [0.4, 0.5) is 0 Å². The van der Waals surface area contributed by atoms with Gasteiger partial charge < -0.3 is 14.4 Å². The van der Waals surface area contributed by atoms with Gasteiger partial charge in [-0.2, -0.15) is 0 Å². The molecule has 26 heavy (non-hydrogen) atoms. The van der Waals surface area contributed by atoms with E-state index in [1.807, 2.05) is 11.0 Å². The highest BCUT2D eigenvalue weighted by molar-refractivity contribution is 5.76. The molecular weight excluding hydrogens is 334 g/mol. The minimum Gasteiger partial charge on any atom is -0.454 e. The summed E-state index contributed by atoms with van der Waals surface area (Å²) in [4.78, 5) is 14.6. The summed E-state index contributed by atoms with van der Waals surface area (Å²) in [5, 5.41) is 11.3. The number of likely N-dealkylation sites (tertiary alicyclic amines) is 1. The maximum atomic E-state index is 12.7. The van der Waals surface area contributed by atoms with E-state index in [2.05, 4.69) is 34.6 Å². The molecule has 0 aliphatic carbocycles. The van der Waals surface area contributed by atoms with E-state index in [9.17, 15) is 4.79 Å². The van der Waals surface area contributed by atoms with Crippen LogP contribution in [0, 0.1) is 12.3 Å². The molecular formula is C18H23N5O3. The number of carbonyl (C=O) groups excluding carboxylic acids is 1. The molecule has 1 fully saturated rings. The molecule has 2 aliphatic rings. The van der Waals surface area contributed by atoms with Crippen LogP contribution in [-0.2, 0) is 17.8 Å². The Morgan fingerprint density at radius 1 is 1.31 bits per heavy atom. The second-order valence-corrected chi connectivity index (χ2v) is 7.48. The van der Waals surface area contributed by atoms with Gasteiger partial charge in [0.05, 0.1) is 0 Å². The smallest absolute Gasteiger partial charge is 0.244 e. The molecule has 8 nitrogen and oxygen atoms in total. The van der Waals surface area contributed by atoms with E-state index in [1.165, 1.54) is 5.56 Å². The lowest BCUT2D eigenvalue weighted by Gasteiger charge is -2.40. The number of aryl methyl sites for hydroxylation is 1. The topological polar surface area (TPSA) is 82.4 Å². The van der Waals surface area contributed by atoms with Crippen LogP contribution in [0.3, 0.4) is 0 Å². The molecule has 2 aliphatic heterocycles. The SMILES string of the molecule is Cc1nnnn1CC(=O)N1CCC[C@](C)(Cc2ccc3c(c2)OCO3)C1. The molecule has 3 heterocycles. The van der Waals surface area contributed by atoms with E-state index >= 15 is 0 Å². The number of benzene rings is 1. The summed E-state index contributed by atoms with van der Waals surface area (Å²) in [6, 6.07) is 6.11. The lowest BCUT2D eigenvalue weighted by molar-refractivity contribution is -0.135. The second kappa shape index (κ2) is 6.59. The third kappa shape index (κ3) is 3.36. The molecule has 0 saturated carbocycles. The van der Waals surface area contributed by atoms with Crippen molar-refractivity contribution in [1.82, 2.24) is 25.1 Å². The number of aromatic nitrogens is 4. The van der Waals surface area contributed by atoms with Crippen LogP contribution in [0.5, 0.6) is 11.5 Å². The minimum absolute atomic E-state index is 0.0390. The first-order valence-corrected chi connectivity index (χ1v) is 8.92. The molecule has 0 N–H and O–H groups in total. The highest BCUT2D eigenvalue weighted by atomic mass is 16.7. The Balaban J connectivity index is 1.43. The van der Waals surface area contributed by atoms with Crippen LogP contribution in [0.2, 0.25) is 0 Å². The summed E-state index contributed by atoms with van der Waals surface area (Å²) in [7, 11) is 0. The van der Waals surface area contributed by atoms with Crippen LogP contribution >= 0.6 is 0 Å². The van der Waals surface area contributed by atoms with Crippen molar-refractivity contribution >= 4 is 5.91 Å². The molecule has 1 aromatic carbocycles. The van der Waals surface area contributed by atoms with Gasteiger partial charge in [0.1, 0.15) is 12.4 Å². The van der Waals surface area contributed by atoms with E-state index in [-0.39, 0.29) is 24.7 Å². The van der Waals surface area contributed by atoms with Gasteiger partial charge in [-0.1, -0.05) is 13.0 Å². The summed E-state index contributed by atoms with van der Waals surface area (Å²) in [6.45, 7) is 6.05. The average molecular weight is 357 g/mol. The summed E-state index contributed by atoms with van der Waals surface area (Å²) >= 11 is 0. The molecule has 4 rings (SSSR count). The number of amides is 1. The minimum atomic E-state index is 0.0390. The van der Waals surface area contributed by atoms with Gasteiger partial charge >= 0.3 is 0 Å². The van der Waals surface area contributed by atoms with Crippen molar-refractivity contribution in [2.75, 3.05) is 19.9 Å². The lowest BCUT2D eigenvalue weighted by Crippen LogP contribution is -2.47. The van der Waals surface area contributed by atoms with Crippen LogP contribution in [0.1, 0.15) is 31.2 Å². The highest BCUT2D eigenvalue weighted by Gasteiger charge is 2.34. The predicted octanol–water partition coefficient (Wildman–Crippen LogP) is 1.58. The Hall–Kier alpha value is -2.64. The highest BCUT2D eigenvalue weighted by Crippen LogP contribution is 2.37. The van der Waals surface area contributed by atoms with E-state index in [4.69, 9.17) is 9.47 Å². The van der Waals surface area contributed by atoms with Gasteiger partial charge in [-0.3, -0.25) is 4.79 Å². The van der Waals surface area contributed by atoms with Crippen LogP contribution < -0.4 is 9.47 Å². The van der Waals surface area contributed by atoms with Crippen molar-refractivity contribution in [1.29, 1.82) is 0 Å². The van der Waals surface area contributed by atoms with Gasteiger partial charge in [-0.25, -0.2) is 4.68 Å². The number of hydrogen-bond donors (Lipinski definition) is 0. The molecule has 2 aromatic rings. The van der Waals surface area contributed by atoms with Crippen LogP contribution in [0.25, 0.3) is 0 Å². The number of rotatable bonds is 4. The van der Waals surface area contributed by atoms with Crippen molar-refractivity contribution in [2.24, 2.45) is 5.41 Å². The van der Waals surface area contributed by atoms with E-state index in [0.29, 0.717) is 5.82 Å². The summed E-state index contributed by atoms with van der Waals surface area (Å²) in [5.41, 5.74) is 1.25. The Kier molecular flexibility index (Phi) is 4.26. The molecule has 1 aromatic heterocycles. The zero-order valence-corrected chi connectivity index (χ0v) is 15.1. The van der Waals surface area contributed by atoms with Gasteiger partial charge in [-0.15, -0.1) is 5.10 Å². The van der Waals surface area contributed by atoms with Crippen LogP contribution in [0.15, 0.2) is 18.2 Å². The quantitative estimate of drug-likeness (QED) is 0.826. The molecule has 8 heteroatoms. The van der Waals surface area contributed by atoms with Gasteiger partial charge in [0.25, 0.3) is 0 Å². The maximum absolute atomic E-state index is 12.7. The Morgan fingerprint density at radius 3 is 2.96 bits per heavy atom. The maximum Gasteiger partial charge on any atom is 0.244 e. The molecule has 1 amide bonds. The fourth-order valence-electron chi connectivity index (χ4n) is 3.84. The number of fused-ring (bicyclic) bond motifs is 1. The summed E-state index contributed by atoms with van der Waals surface area (Å²) in [6.07, 6.45) is 2.99. The normalized spacial score (nSPS) is 21.8. The number of tetrazole rings is 1. The first-order chi connectivity index (χ1) is 12.5. The van der Waals surface area contributed by atoms with E-state index < -0.39 is 0 Å². The molecule has 138 valence electrons. The second-order valence-electron chi connectivity index (χ2n) is 7.48. The summed E-state index contributed by atoms with van der Waals surface area (Å²) in [5.74, 6) is 2.33. The van der Waals surface area contributed by atoms with Gasteiger partial charge in [-0.05, 0) is 59.7 Å². The average Bonchev–Trinajstić information content (AvgIpc) is 3.23. The molecule has 0 spiro atoms. The predicted molar refractivity (Wildman–Crippen MR) is 92.7 cm³/mol. The molecule has 0 radical (unpaired) electrons. The summed E-state index contributed by atoms with van der Waals surface area (Å²) < 4.78 is 12.4. The monoisotopic (exact) mass is 357 g/mol. The fraction of sp³-hybridized carbons (Fsp3) is 0.556. The van der Waals surface area contributed by atoms with Crippen molar-refractivity contribution < 1.29 is 14.3 Å². The first kappa shape index (κ1) is 16.8. The Labute approximate surface area is 152 Å². The fourth-order valence-corrected chi connectivity index (χ4v) is 3.84. The zero-order valence-electron chi connectivity index (χ0n) is 15.1. The number of ether oxygens (including phenoxy) is 2. The van der Waals surface area contributed by atoms with E-state index in [0.717, 1.165) is 43.9 Å². The Morgan fingerprint density at radius 2 is 2.15 bits per heavy atom. The molecule has 1 atom stereocenters. The molecule has 0 unspecified atom stereocenters. The third-order valence-corrected chi connectivity index (χ3v) is 5.20. The standard InChI is InChI=1S/C18H23N5O3/c1-13-19-20-21-23(13)10-17(24)22-7-3-6-18(2,11-22)9-14-4-5-15-16(8-14)26-12-25-15/h4-5,8H,3,6-7,9-12H2,1-2H3/t18-/m1/s1. The van der Waals surface area contributed by atoms with Gasteiger partial charge in [0.2, 0.25) is 12.7 Å². The number of hydrogen-bond acceptors (Lipinski definition) is 6. The van der Waals surface area contributed by atoms with Crippen molar-refractivity contribution in [3.8, 4) is 11.5 Å². The third-order valence-electron chi connectivity index (χ3n) is 5.20. The van der Waals surface area contributed by atoms with E-state index in [1.54, 1.807) is 11.6 Å². The lowest BCUT2D eigenvalue weighted by atomic mass is 9.77.